The lowest BCUT2D eigenvalue weighted by Crippen LogP contribution is -2.29. The highest BCUT2D eigenvalue weighted by Crippen LogP contribution is 2.30. The molecule has 0 spiro atoms. The average Bonchev–Trinajstić information content (AvgIpc) is 3.25. The fourth-order valence-electron chi connectivity index (χ4n) is 3.74. The van der Waals surface area contributed by atoms with Gasteiger partial charge in [0.2, 0.25) is 4.96 Å². The smallest absolute Gasteiger partial charge is 0.283 e. The van der Waals surface area contributed by atoms with E-state index in [1.807, 2.05) is 31.4 Å². The molecule has 8 heteroatoms. The predicted molar refractivity (Wildman–Crippen MR) is 106 cm³/mol. The number of aryl methyl sites for hydroxylation is 1. The van der Waals surface area contributed by atoms with Crippen molar-refractivity contribution in [1.29, 1.82) is 0 Å². The van der Waals surface area contributed by atoms with E-state index in [4.69, 9.17) is 0 Å². The molecule has 0 aliphatic carbocycles. The topological polar surface area (TPSA) is 68.3 Å². The Kier molecular flexibility index (Phi) is 3.84. The van der Waals surface area contributed by atoms with Crippen LogP contribution in [-0.4, -0.2) is 49.4 Å². The number of piperidine rings is 1. The van der Waals surface area contributed by atoms with Crippen molar-refractivity contribution in [1.82, 2.24) is 29.3 Å². The quantitative estimate of drug-likeness (QED) is 0.534. The Bertz CT molecular complexity index is 1200. The van der Waals surface area contributed by atoms with Gasteiger partial charge in [-0.2, -0.15) is 14.7 Å². The monoisotopic (exact) mass is 380 g/mol. The van der Waals surface area contributed by atoms with Gasteiger partial charge in [-0.15, -0.1) is 0 Å². The van der Waals surface area contributed by atoms with Crippen LogP contribution in [0.15, 0.2) is 35.4 Å². The SMILES string of the molecule is CN1CCC(c2nn3c(=O)c(-c4ccc5nn(C)cc5c4)cnc3s2)CC1. The van der Waals surface area contributed by atoms with Crippen molar-refractivity contribution >= 4 is 27.2 Å². The van der Waals surface area contributed by atoms with Crippen LogP contribution in [-0.2, 0) is 7.05 Å². The molecule has 27 heavy (non-hydrogen) atoms. The van der Waals surface area contributed by atoms with Gasteiger partial charge in [0.15, 0.2) is 0 Å². The second kappa shape index (κ2) is 6.24. The third-order valence-corrected chi connectivity index (χ3v) is 6.39. The van der Waals surface area contributed by atoms with E-state index >= 15 is 0 Å². The molecule has 5 rings (SSSR count). The fourth-order valence-corrected chi connectivity index (χ4v) is 4.76. The Balaban J connectivity index is 1.57. The summed E-state index contributed by atoms with van der Waals surface area (Å²) < 4.78 is 3.25. The normalized spacial score (nSPS) is 16.5. The number of benzene rings is 1. The van der Waals surface area contributed by atoms with Crippen LogP contribution in [0.4, 0.5) is 0 Å². The largest absolute Gasteiger partial charge is 0.306 e. The molecular formula is C19H20N6OS. The molecule has 0 N–H and O–H groups in total. The minimum absolute atomic E-state index is 0.112. The van der Waals surface area contributed by atoms with E-state index < -0.39 is 0 Å². The van der Waals surface area contributed by atoms with Gasteiger partial charge < -0.3 is 4.90 Å². The minimum Gasteiger partial charge on any atom is -0.306 e. The van der Waals surface area contributed by atoms with E-state index in [1.165, 1.54) is 15.9 Å². The summed E-state index contributed by atoms with van der Waals surface area (Å²) in [7, 11) is 4.04. The fraction of sp³-hybridized carbons (Fsp3) is 0.368. The molecule has 0 bridgehead atoms. The molecule has 1 aliphatic rings. The molecular weight excluding hydrogens is 360 g/mol. The Morgan fingerprint density at radius 2 is 1.96 bits per heavy atom. The van der Waals surface area contributed by atoms with E-state index in [1.54, 1.807) is 10.9 Å². The van der Waals surface area contributed by atoms with E-state index in [0.29, 0.717) is 16.4 Å². The molecule has 1 fully saturated rings. The summed E-state index contributed by atoms with van der Waals surface area (Å²) >= 11 is 1.54. The first-order valence-corrected chi connectivity index (χ1v) is 9.91. The zero-order valence-corrected chi connectivity index (χ0v) is 16.1. The predicted octanol–water partition coefficient (Wildman–Crippen LogP) is 2.51. The molecule has 7 nitrogen and oxygen atoms in total. The third-order valence-electron chi connectivity index (χ3n) is 5.30. The minimum atomic E-state index is -0.112. The molecule has 0 unspecified atom stereocenters. The molecule has 1 aliphatic heterocycles. The summed E-state index contributed by atoms with van der Waals surface area (Å²) in [6, 6.07) is 5.84. The summed E-state index contributed by atoms with van der Waals surface area (Å²) in [5, 5.41) is 11.0. The van der Waals surface area contributed by atoms with Gasteiger partial charge >= 0.3 is 0 Å². The van der Waals surface area contributed by atoms with Crippen molar-refractivity contribution in [2.24, 2.45) is 7.05 Å². The highest BCUT2D eigenvalue weighted by molar-refractivity contribution is 7.16. The highest BCUT2D eigenvalue weighted by Gasteiger charge is 2.23. The molecule has 4 aromatic rings. The number of hydrogen-bond acceptors (Lipinski definition) is 6. The summed E-state index contributed by atoms with van der Waals surface area (Å²) in [6.45, 7) is 2.14. The lowest BCUT2D eigenvalue weighted by atomic mass is 9.98. The van der Waals surface area contributed by atoms with E-state index in [0.717, 1.165) is 47.4 Å². The van der Waals surface area contributed by atoms with Crippen molar-refractivity contribution < 1.29 is 0 Å². The number of aromatic nitrogens is 5. The zero-order chi connectivity index (χ0) is 18.5. The summed E-state index contributed by atoms with van der Waals surface area (Å²) in [5.74, 6) is 0.419. The lowest BCUT2D eigenvalue weighted by Gasteiger charge is -2.27. The van der Waals surface area contributed by atoms with Gasteiger partial charge in [0, 0.05) is 30.7 Å². The van der Waals surface area contributed by atoms with E-state index in [-0.39, 0.29) is 5.56 Å². The molecule has 0 saturated carbocycles. The summed E-state index contributed by atoms with van der Waals surface area (Å²) in [6.07, 6.45) is 5.78. The van der Waals surface area contributed by atoms with Gasteiger partial charge in [0.25, 0.3) is 5.56 Å². The van der Waals surface area contributed by atoms with Gasteiger partial charge in [-0.3, -0.25) is 9.48 Å². The van der Waals surface area contributed by atoms with Crippen LogP contribution in [0.2, 0.25) is 0 Å². The van der Waals surface area contributed by atoms with E-state index in [9.17, 15) is 4.79 Å². The molecule has 3 aromatic heterocycles. The zero-order valence-electron chi connectivity index (χ0n) is 15.3. The lowest BCUT2D eigenvalue weighted by molar-refractivity contribution is 0.254. The van der Waals surface area contributed by atoms with Crippen LogP contribution < -0.4 is 5.56 Å². The molecule has 4 heterocycles. The average molecular weight is 380 g/mol. The maximum atomic E-state index is 13.1. The number of likely N-dealkylation sites (tertiary alicyclic amines) is 1. The van der Waals surface area contributed by atoms with Crippen LogP contribution in [0.3, 0.4) is 0 Å². The van der Waals surface area contributed by atoms with E-state index in [2.05, 4.69) is 27.1 Å². The number of nitrogens with zero attached hydrogens (tertiary/aromatic N) is 6. The Morgan fingerprint density at radius 1 is 1.15 bits per heavy atom. The van der Waals surface area contributed by atoms with Crippen LogP contribution in [0, 0.1) is 0 Å². The van der Waals surface area contributed by atoms with Gasteiger partial charge in [0.05, 0.1) is 11.1 Å². The number of rotatable bonds is 2. The summed E-state index contributed by atoms with van der Waals surface area (Å²) in [5.41, 5.74) is 2.21. The number of fused-ring (bicyclic) bond motifs is 2. The van der Waals surface area contributed by atoms with Crippen LogP contribution in [0.1, 0.15) is 23.8 Å². The van der Waals surface area contributed by atoms with Crippen molar-refractivity contribution in [3.8, 4) is 11.1 Å². The van der Waals surface area contributed by atoms with Crippen molar-refractivity contribution in [3.05, 3.63) is 46.0 Å². The van der Waals surface area contributed by atoms with Gasteiger partial charge in [-0.05, 0) is 50.7 Å². The number of hydrogen-bond donors (Lipinski definition) is 0. The second-order valence-electron chi connectivity index (χ2n) is 7.27. The van der Waals surface area contributed by atoms with Gasteiger partial charge in [-0.25, -0.2) is 4.98 Å². The Morgan fingerprint density at radius 3 is 2.78 bits per heavy atom. The molecule has 0 atom stereocenters. The maximum Gasteiger partial charge on any atom is 0.283 e. The maximum absolute atomic E-state index is 13.1. The highest BCUT2D eigenvalue weighted by atomic mass is 32.1. The third kappa shape index (κ3) is 2.85. The van der Waals surface area contributed by atoms with Crippen LogP contribution >= 0.6 is 11.3 Å². The molecule has 1 aromatic carbocycles. The van der Waals surface area contributed by atoms with Gasteiger partial charge in [-0.1, -0.05) is 17.4 Å². The first kappa shape index (κ1) is 16.6. The molecule has 0 amide bonds. The molecule has 1 saturated heterocycles. The Labute approximate surface area is 159 Å². The molecule has 138 valence electrons. The van der Waals surface area contributed by atoms with Crippen molar-refractivity contribution in [2.75, 3.05) is 20.1 Å². The second-order valence-corrected chi connectivity index (χ2v) is 8.25. The Hall–Kier alpha value is -2.58. The first-order valence-electron chi connectivity index (χ1n) is 9.09. The summed E-state index contributed by atoms with van der Waals surface area (Å²) in [4.78, 5) is 20.6. The van der Waals surface area contributed by atoms with Gasteiger partial charge in [0.1, 0.15) is 5.01 Å². The van der Waals surface area contributed by atoms with Crippen molar-refractivity contribution in [3.63, 3.8) is 0 Å². The van der Waals surface area contributed by atoms with Crippen molar-refractivity contribution in [2.45, 2.75) is 18.8 Å². The molecule has 0 radical (unpaired) electrons. The standard InChI is InChI=1S/C19H20N6OS/c1-23-7-5-12(6-8-23)17-22-25-18(26)15(10-20-19(25)27-17)13-3-4-16-14(9-13)11-24(2)21-16/h3-4,9-12H,5-8H2,1-2H3. The first-order chi connectivity index (χ1) is 13.1. The van der Waals surface area contributed by atoms with Crippen LogP contribution in [0.25, 0.3) is 27.0 Å². The van der Waals surface area contributed by atoms with Crippen LogP contribution in [0.5, 0.6) is 0 Å².